The van der Waals surface area contributed by atoms with Crippen LogP contribution >= 0.6 is 11.3 Å². The number of ether oxygens (including phenoxy) is 1. The summed E-state index contributed by atoms with van der Waals surface area (Å²) >= 11 is 1.60. The fourth-order valence-electron chi connectivity index (χ4n) is 3.55. The molecule has 1 amide bonds. The number of fused-ring (bicyclic) bond motifs is 1. The van der Waals surface area contributed by atoms with Crippen LogP contribution in [-0.2, 0) is 17.8 Å². The maximum absolute atomic E-state index is 12.5. The molecule has 0 bridgehead atoms. The molecule has 0 saturated heterocycles. The summed E-state index contributed by atoms with van der Waals surface area (Å²) in [6, 6.07) is 15.3. The number of nitrogens with one attached hydrogen (secondary N) is 1. The van der Waals surface area contributed by atoms with Crippen molar-refractivity contribution >= 4 is 27.9 Å². The number of carbonyl (C=O) groups excluding carboxylic acids is 1. The van der Waals surface area contributed by atoms with Crippen molar-refractivity contribution < 1.29 is 14.1 Å². The summed E-state index contributed by atoms with van der Waals surface area (Å²) in [5.74, 6) is 1.42. The molecule has 8 heteroatoms. The molecule has 5 rings (SSSR count). The van der Waals surface area contributed by atoms with E-state index in [1.807, 2.05) is 84.6 Å². The zero-order chi connectivity index (χ0) is 22.8. The molecule has 2 aromatic carbocycles. The standard InChI is InChI=1S/C25H22N4O3S/c1-16-22(17(2)32-28-16)15-31-21-9-3-18(4-10-21)13-24(30)26-20-7-5-19(6-8-20)23-14-29-11-12-33-25(29)27-23/h3-12,14H,13,15H2,1-2H3,(H,26,30). The van der Waals surface area contributed by atoms with E-state index >= 15 is 0 Å². The molecule has 0 saturated carbocycles. The SMILES string of the molecule is Cc1noc(C)c1COc1ccc(CC(=O)Nc2ccc(-c3cn4ccsc4n3)cc2)cc1. The Bertz CT molecular complexity index is 1350. The molecular formula is C25H22N4O3S. The first-order chi connectivity index (χ1) is 16.0. The van der Waals surface area contributed by atoms with Gasteiger partial charge in [0.15, 0.2) is 4.96 Å². The minimum Gasteiger partial charge on any atom is -0.489 e. The first-order valence-electron chi connectivity index (χ1n) is 10.5. The number of hydrogen-bond acceptors (Lipinski definition) is 6. The van der Waals surface area contributed by atoms with Crippen LogP contribution in [0.1, 0.15) is 22.6 Å². The maximum atomic E-state index is 12.5. The third-order valence-electron chi connectivity index (χ3n) is 5.41. The van der Waals surface area contributed by atoms with Crippen LogP contribution in [0.5, 0.6) is 5.75 Å². The fraction of sp³-hybridized carbons (Fsp3) is 0.160. The molecule has 0 aliphatic heterocycles. The zero-order valence-corrected chi connectivity index (χ0v) is 19.1. The van der Waals surface area contributed by atoms with E-state index in [2.05, 4.69) is 15.5 Å². The molecule has 166 valence electrons. The predicted molar refractivity (Wildman–Crippen MR) is 128 cm³/mol. The number of aryl methyl sites for hydroxylation is 2. The summed E-state index contributed by atoms with van der Waals surface area (Å²) in [5.41, 5.74) is 5.37. The molecule has 33 heavy (non-hydrogen) atoms. The van der Waals surface area contributed by atoms with Gasteiger partial charge in [0.2, 0.25) is 5.91 Å². The molecular weight excluding hydrogens is 436 g/mol. The molecule has 0 fully saturated rings. The second-order valence-corrected chi connectivity index (χ2v) is 8.63. The van der Waals surface area contributed by atoms with Gasteiger partial charge in [0.05, 0.1) is 23.4 Å². The second kappa shape index (κ2) is 8.91. The average molecular weight is 459 g/mol. The highest BCUT2D eigenvalue weighted by Gasteiger charge is 2.10. The van der Waals surface area contributed by atoms with Gasteiger partial charge in [0.25, 0.3) is 0 Å². The molecule has 3 heterocycles. The van der Waals surface area contributed by atoms with E-state index in [1.165, 1.54) is 0 Å². The Balaban J connectivity index is 1.15. The van der Waals surface area contributed by atoms with Crippen molar-refractivity contribution in [3.8, 4) is 17.0 Å². The fourth-order valence-corrected chi connectivity index (χ4v) is 4.25. The van der Waals surface area contributed by atoms with Crippen LogP contribution in [0, 0.1) is 13.8 Å². The van der Waals surface area contributed by atoms with Gasteiger partial charge in [-0.25, -0.2) is 4.98 Å². The number of anilines is 1. The lowest BCUT2D eigenvalue weighted by molar-refractivity contribution is -0.115. The van der Waals surface area contributed by atoms with Gasteiger partial charge in [-0.2, -0.15) is 0 Å². The minimum atomic E-state index is -0.0744. The van der Waals surface area contributed by atoms with Crippen LogP contribution in [-0.4, -0.2) is 20.4 Å². The van der Waals surface area contributed by atoms with E-state index in [0.717, 1.165) is 50.2 Å². The van der Waals surface area contributed by atoms with Gasteiger partial charge in [0, 0.05) is 29.0 Å². The van der Waals surface area contributed by atoms with Gasteiger partial charge >= 0.3 is 0 Å². The van der Waals surface area contributed by atoms with Crippen LogP contribution in [0.3, 0.4) is 0 Å². The van der Waals surface area contributed by atoms with Crippen LogP contribution in [0.25, 0.3) is 16.2 Å². The van der Waals surface area contributed by atoms with Crippen LogP contribution in [0.2, 0.25) is 0 Å². The second-order valence-electron chi connectivity index (χ2n) is 7.76. The van der Waals surface area contributed by atoms with Crippen molar-refractivity contribution in [1.82, 2.24) is 14.5 Å². The third kappa shape index (κ3) is 4.65. The number of carbonyl (C=O) groups is 1. The topological polar surface area (TPSA) is 81.7 Å². The summed E-state index contributed by atoms with van der Waals surface area (Å²) in [6.07, 6.45) is 4.27. The number of imidazole rings is 1. The predicted octanol–water partition coefficient (Wildman–Crippen LogP) is 5.43. The summed E-state index contributed by atoms with van der Waals surface area (Å²) in [7, 11) is 0. The molecule has 0 radical (unpaired) electrons. The van der Waals surface area contributed by atoms with Gasteiger partial charge in [-0.15, -0.1) is 11.3 Å². The smallest absolute Gasteiger partial charge is 0.228 e. The van der Waals surface area contributed by atoms with E-state index < -0.39 is 0 Å². The lowest BCUT2D eigenvalue weighted by Crippen LogP contribution is -2.14. The van der Waals surface area contributed by atoms with E-state index in [4.69, 9.17) is 9.26 Å². The lowest BCUT2D eigenvalue weighted by Gasteiger charge is -2.08. The Morgan fingerprint density at radius 3 is 2.61 bits per heavy atom. The number of aromatic nitrogens is 3. The summed E-state index contributed by atoms with van der Waals surface area (Å²) in [6.45, 7) is 4.16. The van der Waals surface area contributed by atoms with Crippen molar-refractivity contribution in [1.29, 1.82) is 0 Å². The highest BCUT2D eigenvalue weighted by molar-refractivity contribution is 7.15. The summed E-state index contributed by atoms with van der Waals surface area (Å²) in [5, 5.41) is 8.89. The normalized spacial score (nSPS) is 11.1. The maximum Gasteiger partial charge on any atom is 0.228 e. The van der Waals surface area contributed by atoms with E-state index in [9.17, 15) is 4.79 Å². The number of benzene rings is 2. The Kier molecular flexibility index (Phi) is 5.66. The van der Waals surface area contributed by atoms with Gasteiger partial charge in [-0.1, -0.05) is 29.4 Å². The van der Waals surface area contributed by atoms with Crippen molar-refractivity contribution in [3.05, 3.63) is 88.9 Å². The quantitative estimate of drug-likeness (QED) is 0.352. The van der Waals surface area contributed by atoms with Gasteiger partial charge in [-0.3, -0.25) is 9.20 Å². The molecule has 0 atom stereocenters. The van der Waals surface area contributed by atoms with Crippen molar-refractivity contribution in [2.75, 3.05) is 5.32 Å². The largest absolute Gasteiger partial charge is 0.489 e. The average Bonchev–Trinajstić information content (AvgIpc) is 3.50. The molecule has 0 aliphatic rings. The highest BCUT2D eigenvalue weighted by Crippen LogP contribution is 2.23. The number of amides is 1. The summed E-state index contributed by atoms with van der Waals surface area (Å²) in [4.78, 5) is 18.1. The highest BCUT2D eigenvalue weighted by atomic mass is 32.1. The monoisotopic (exact) mass is 458 g/mol. The van der Waals surface area contributed by atoms with E-state index in [0.29, 0.717) is 6.61 Å². The van der Waals surface area contributed by atoms with E-state index in [1.54, 1.807) is 11.3 Å². The van der Waals surface area contributed by atoms with E-state index in [-0.39, 0.29) is 12.3 Å². The number of nitrogens with zero attached hydrogens (tertiary/aromatic N) is 3. The Hall–Kier alpha value is -3.91. The molecule has 0 aliphatic carbocycles. The number of hydrogen-bond donors (Lipinski definition) is 1. The zero-order valence-electron chi connectivity index (χ0n) is 18.2. The molecule has 1 N–H and O–H groups in total. The first-order valence-corrected chi connectivity index (χ1v) is 11.4. The Labute approximate surface area is 194 Å². The van der Waals surface area contributed by atoms with Crippen LogP contribution in [0.15, 0.2) is 70.8 Å². The first kappa shape index (κ1) is 21.0. The number of thiazole rings is 1. The van der Waals surface area contributed by atoms with Crippen molar-refractivity contribution in [2.45, 2.75) is 26.9 Å². The van der Waals surface area contributed by atoms with Gasteiger partial charge < -0.3 is 14.6 Å². The molecule has 5 aromatic rings. The number of rotatable bonds is 7. The third-order valence-corrected chi connectivity index (χ3v) is 6.18. The van der Waals surface area contributed by atoms with Gasteiger partial charge in [0.1, 0.15) is 18.1 Å². The molecule has 3 aromatic heterocycles. The van der Waals surface area contributed by atoms with Crippen molar-refractivity contribution in [3.63, 3.8) is 0 Å². The Morgan fingerprint density at radius 2 is 1.91 bits per heavy atom. The van der Waals surface area contributed by atoms with Crippen LogP contribution in [0.4, 0.5) is 5.69 Å². The molecule has 0 unspecified atom stereocenters. The lowest BCUT2D eigenvalue weighted by atomic mass is 10.1. The minimum absolute atomic E-state index is 0.0744. The van der Waals surface area contributed by atoms with Crippen molar-refractivity contribution in [2.24, 2.45) is 0 Å². The summed E-state index contributed by atoms with van der Waals surface area (Å²) < 4.78 is 13.0. The molecule has 0 spiro atoms. The van der Waals surface area contributed by atoms with Gasteiger partial charge in [-0.05, 0) is 43.7 Å². The molecule has 7 nitrogen and oxygen atoms in total. The van der Waals surface area contributed by atoms with Crippen LogP contribution < -0.4 is 10.1 Å². The Morgan fingerprint density at radius 1 is 1.12 bits per heavy atom.